The maximum Gasteiger partial charge on any atom is 0.335 e. The van der Waals surface area contributed by atoms with E-state index in [2.05, 4.69) is 65.1 Å². The molecule has 0 spiro atoms. The van der Waals surface area contributed by atoms with E-state index in [1.807, 2.05) is 12.1 Å². The molecule has 0 heterocycles. The van der Waals surface area contributed by atoms with Crippen molar-refractivity contribution in [3.05, 3.63) is 64.7 Å². The molecule has 2 aromatic rings. The van der Waals surface area contributed by atoms with Crippen LogP contribution in [0.25, 0.3) is 0 Å². The zero-order valence-electron chi connectivity index (χ0n) is 16.1. The first-order valence-electron chi connectivity index (χ1n) is 8.69. The summed E-state index contributed by atoms with van der Waals surface area (Å²) in [5.41, 5.74) is 5.31. The summed E-state index contributed by atoms with van der Waals surface area (Å²) in [6.45, 7) is 14.1. The van der Waals surface area contributed by atoms with Crippen LogP contribution in [0.15, 0.2) is 42.5 Å². The molecule has 0 aliphatic heterocycles. The molecule has 25 heavy (non-hydrogen) atoms. The minimum atomic E-state index is -0.903. The standard InChI is InChI=1S/C22H29NO2/c1-21(2,3)17-11-15(12-18(13-17)22(4,5)6)14-23-19-9-7-16(8-10-19)20(24)25/h7-13,23H,14H2,1-6H3,(H,24,25). The van der Waals surface area contributed by atoms with Crippen molar-refractivity contribution in [1.82, 2.24) is 0 Å². The maximum absolute atomic E-state index is 10.9. The fourth-order valence-electron chi connectivity index (χ4n) is 2.59. The molecule has 3 heteroatoms. The van der Waals surface area contributed by atoms with Crippen LogP contribution in [-0.2, 0) is 17.4 Å². The molecule has 0 fully saturated rings. The van der Waals surface area contributed by atoms with E-state index in [1.54, 1.807) is 12.1 Å². The molecular weight excluding hydrogens is 310 g/mol. The highest BCUT2D eigenvalue weighted by molar-refractivity contribution is 5.87. The van der Waals surface area contributed by atoms with Crippen molar-refractivity contribution in [2.24, 2.45) is 0 Å². The van der Waals surface area contributed by atoms with Crippen LogP contribution in [0.4, 0.5) is 5.69 Å². The van der Waals surface area contributed by atoms with Crippen LogP contribution in [0.3, 0.4) is 0 Å². The van der Waals surface area contributed by atoms with Gasteiger partial charge in [0.1, 0.15) is 0 Å². The van der Waals surface area contributed by atoms with Gasteiger partial charge in [-0.1, -0.05) is 59.7 Å². The van der Waals surface area contributed by atoms with Crippen molar-refractivity contribution in [2.45, 2.75) is 58.9 Å². The lowest BCUT2D eigenvalue weighted by atomic mass is 9.79. The Morgan fingerprint density at radius 1 is 0.880 bits per heavy atom. The largest absolute Gasteiger partial charge is 0.478 e. The number of carbonyl (C=O) groups is 1. The Bertz CT molecular complexity index is 715. The first kappa shape index (κ1) is 19.0. The van der Waals surface area contributed by atoms with Crippen LogP contribution in [0.2, 0.25) is 0 Å². The quantitative estimate of drug-likeness (QED) is 0.763. The normalized spacial score (nSPS) is 12.1. The predicted octanol–water partition coefficient (Wildman–Crippen LogP) is 5.59. The lowest BCUT2D eigenvalue weighted by Gasteiger charge is -2.26. The molecule has 2 aromatic carbocycles. The molecule has 0 amide bonds. The topological polar surface area (TPSA) is 49.3 Å². The van der Waals surface area contributed by atoms with Gasteiger partial charge in [0.2, 0.25) is 0 Å². The Labute approximate surface area is 151 Å². The van der Waals surface area contributed by atoms with Gasteiger partial charge in [-0.25, -0.2) is 4.79 Å². The number of anilines is 1. The molecule has 0 saturated heterocycles. The first-order chi connectivity index (χ1) is 11.5. The van der Waals surface area contributed by atoms with Crippen molar-refractivity contribution in [1.29, 1.82) is 0 Å². The van der Waals surface area contributed by atoms with Crippen molar-refractivity contribution in [2.75, 3.05) is 5.32 Å². The second kappa shape index (κ2) is 6.91. The molecular formula is C22H29NO2. The summed E-state index contributed by atoms with van der Waals surface area (Å²) >= 11 is 0. The molecule has 0 radical (unpaired) electrons. The summed E-state index contributed by atoms with van der Waals surface area (Å²) in [6, 6.07) is 13.7. The Morgan fingerprint density at radius 2 is 1.36 bits per heavy atom. The highest BCUT2D eigenvalue weighted by Gasteiger charge is 2.20. The van der Waals surface area contributed by atoms with Crippen molar-refractivity contribution >= 4 is 11.7 Å². The third kappa shape index (κ3) is 5.09. The van der Waals surface area contributed by atoms with Gasteiger partial charge in [-0.3, -0.25) is 0 Å². The molecule has 2 N–H and O–H groups in total. The zero-order valence-corrected chi connectivity index (χ0v) is 16.1. The second-order valence-electron chi connectivity index (χ2n) is 8.65. The summed E-state index contributed by atoms with van der Waals surface area (Å²) in [4.78, 5) is 10.9. The average molecular weight is 339 g/mol. The Balaban J connectivity index is 2.24. The summed E-state index contributed by atoms with van der Waals surface area (Å²) < 4.78 is 0. The SMILES string of the molecule is CC(C)(C)c1cc(CNc2ccc(C(=O)O)cc2)cc(C(C)(C)C)c1. The van der Waals surface area contributed by atoms with E-state index in [0.29, 0.717) is 12.1 Å². The molecule has 0 atom stereocenters. The summed E-state index contributed by atoms with van der Waals surface area (Å²) in [5, 5.41) is 12.4. The number of rotatable bonds is 4. The van der Waals surface area contributed by atoms with Gasteiger partial charge in [-0.2, -0.15) is 0 Å². The van der Waals surface area contributed by atoms with Gasteiger partial charge in [0, 0.05) is 12.2 Å². The molecule has 0 aliphatic rings. The van der Waals surface area contributed by atoms with E-state index in [1.165, 1.54) is 16.7 Å². The minimum Gasteiger partial charge on any atom is -0.478 e. The molecule has 0 saturated carbocycles. The van der Waals surface area contributed by atoms with Gasteiger partial charge < -0.3 is 10.4 Å². The third-order valence-corrected chi connectivity index (χ3v) is 4.35. The van der Waals surface area contributed by atoms with Gasteiger partial charge in [-0.15, -0.1) is 0 Å². The number of hydrogen-bond acceptors (Lipinski definition) is 2. The van der Waals surface area contributed by atoms with Crippen LogP contribution in [0, 0.1) is 0 Å². The zero-order chi connectivity index (χ0) is 18.8. The first-order valence-corrected chi connectivity index (χ1v) is 8.69. The Morgan fingerprint density at radius 3 is 1.76 bits per heavy atom. The summed E-state index contributed by atoms with van der Waals surface area (Å²) in [6.07, 6.45) is 0. The van der Waals surface area contributed by atoms with Gasteiger partial charge >= 0.3 is 5.97 Å². The van der Waals surface area contributed by atoms with E-state index in [4.69, 9.17) is 5.11 Å². The third-order valence-electron chi connectivity index (χ3n) is 4.35. The highest BCUT2D eigenvalue weighted by Crippen LogP contribution is 2.30. The summed E-state index contributed by atoms with van der Waals surface area (Å²) in [7, 11) is 0. The van der Waals surface area contributed by atoms with E-state index in [9.17, 15) is 4.79 Å². The van der Waals surface area contributed by atoms with E-state index < -0.39 is 5.97 Å². The fourth-order valence-corrected chi connectivity index (χ4v) is 2.59. The number of hydrogen-bond donors (Lipinski definition) is 2. The molecule has 0 bridgehead atoms. The molecule has 0 aliphatic carbocycles. The van der Waals surface area contributed by atoms with E-state index in [-0.39, 0.29) is 10.8 Å². The molecule has 2 rings (SSSR count). The van der Waals surface area contributed by atoms with Gasteiger partial charge in [0.15, 0.2) is 0 Å². The van der Waals surface area contributed by atoms with Crippen LogP contribution < -0.4 is 5.32 Å². The predicted molar refractivity (Wildman–Crippen MR) is 105 cm³/mol. The molecule has 0 aromatic heterocycles. The fraction of sp³-hybridized carbons (Fsp3) is 0.409. The van der Waals surface area contributed by atoms with Gasteiger partial charge in [0.25, 0.3) is 0 Å². The number of carboxylic acids is 1. The minimum absolute atomic E-state index is 0.0964. The summed E-state index contributed by atoms with van der Waals surface area (Å²) in [5.74, 6) is -0.903. The maximum atomic E-state index is 10.9. The van der Waals surface area contributed by atoms with Gasteiger partial charge in [0.05, 0.1) is 5.56 Å². The van der Waals surface area contributed by atoms with Gasteiger partial charge in [-0.05, 0) is 51.8 Å². The number of nitrogens with one attached hydrogen (secondary N) is 1. The Kier molecular flexibility index (Phi) is 5.26. The number of carboxylic acid groups (broad SMARTS) is 1. The van der Waals surface area contributed by atoms with Crippen molar-refractivity contribution < 1.29 is 9.90 Å². The molecule has 0 unspecified atom stereocenters. The number of benzene rings is 2. The van der Waals surface area contributed by atoms with Crippen molar-refractivity contribution in [3.63, 3.8) is 0 Å². The molecule has 3 nitrogen and oxygen atoms in total. The van der Waals surface area contributed by atoms with E-state index in [0.717, 1.165) is 5.69 Å². The van der Waals surface area contributed by atoms with E-state index >= 15 is 0 Å². The van der Waals surface area contributed by atoms with Crippen molar-refractivity contribution in [3.8, 4) is 0 Å². The smallest absolute Gasteiger partial charge is 0.335 e. The van der Waals surface area contributed by atoms with Crippen LogP contribution >= 0.6 is 0 Å². The van der Waals surface area contributed by atoms with Crippen LogP contribution in [0.1, 0.15) is 68.6 Å². The highest BCUT2D eigenvalue weighted by atomic mass is 16.4. The second-order valence-corrected chi connectivity index (χ2v) is 8.65. The molecule has 134 valence electrons. The Hall–Kier alpha value is -2.29. The van der Waals surface area contributed by atoms with Crippen LogP contribution in [-0.4, -0.2) is 11.1 Å². The average Bonchev–Trinajstić information content (AvgIpc) is 2.51. The van der Waals surface area contributed by atoms with Crippen LogP contribution in [0.5, 0.6) is 0 Å². The monoisotopic (exact) mass is 339 g/mol. The lowest BCUT2D eigenvalue weighted by molar-refractivity contribution is 0.0697. The number of aromatic carboxylic acids is 1. The lowest BCUT2D eigenvalue weighted by Crippen LogP contribution is -2.17.